The molecule has 2 atom stereocenters. The van der Waals surface area contributed by atoms with Crippen molar-refractivity contribution in [3.05, 3.63) is 65.2 Å². The molecular weight excluding hydrogens is 410 g/mol. The molecule has 0 amide bonds. The lowest BCUT2D eigenvalue weighted by atomic mass is 9.92. The van der Waals surface area contributed by atoms with E-state index in [1.807, 2.05) is 0 Å². The quantitative estimate of drug-likeness (QED) is 0.779. The Labute approximate surface area is 174 Å². The van der Waals surface area contributed by atoms with Crippen LogP contribution in [0.25, 0.3) is 0 Å². The van der Waals surface area contributed by atoms with Crippen molar-refractivity contribution in [3.8, 4) is 5.75 Å². The molecule has 0 spiro atoms. The lowest BCUT2D eigenvalue weighted by molar-refractivity contribution is 0.299. The Bertz CT molecular complexity index is 1130. The van der Waals surface area contributed by atoms with Crippen LogP contribution in [0.3, 0.4) is 0 Å². The van der Waals surface area contributed by atoms with Crippen LogP contribution in [0.4, 0.5) is 8.78 Å². The number of rotatable bonds is 5. The molecular formula is C22H24F2N2O3S. The van der Waals surface area contributed by atoms with Crippen LogP contribution in [0.5, 0.6) is 5.75 Å². The second-order valence-corrected chi connectivity index (χ2v) is 10.8. The van der Waals surface area contributed by atoms with E-state index in [1.54, 1.807) is 24.3 Å². The fraction of sp³-hybridized carbons (Fsp3) is 0.409. The topological polar surface area (TPSA) is 81.8 Å². The summed E-state index contributed by atoms with van der Waals surface area (Å²) in [4.78, 5) is 4.43. The standard InChI is InChI=1S/C22H24F2N2O3S/c1-21(18-9-8-16(23)11-19(18)24)13-30(27,28)22(2,20(25)26-21)15-4-3-5-17(10-15)29-12-14-6-7-14/h3-5,8-11,14H,6-7,12-13H2,1-2H3,(H2,25,26). The van der Waals surface area contributed by atoms with Gasteiger partial charge in [-0.3, -0.25) is 4.99 Å². The van der Waals surface area contributed by atoms with E-state index in [4.69, 9.17) is 10.5 Å². The van der Waals surface area contributed by atoms with Gasteiger partial charge in [0, 0.05) is 11.6 Å². The van der Waals surface area contributed by atoms with Crippen LogP contribution in [0.2, 0.25) is 0 Å². The molecule has 1 aliphatic carbocycles. The molecule has 2 unspecified atom stereocenters. The van der Waals surface area contributed by atoms with Gasteiger partial charge in [-0.05, 0) is 56.4 Å². The minimum absolute atomic E-state index is 0.0148. The number of ether oxygens (including phenoxy) is 1. The minimum Gasteiger partial charge on any atom is -0.493 e. The Kier molecular flexibility index (Phi) is 4.88. The average molecular weight is 435 g/mol. The van der Waals surface area contributed by atoms with Gasteiger partial charge in [0.05, 0.1) is 12.4 Å². The first kappa shape index (κ1) is 20.8. The maximum absolute atomic E-state index is 14.4. The summed E-state index contributed by atoms with van der Waals surface area (Å²) < 4.78 is 58.9. The summed E-state index contributed by atoms with van der Waals surface area (Å²) in [5.41, 5.74) is 5.20. The molecule has 1 saturated carbocycles. The molecule has 1 heterocycles. The van der Waals surface area contributed by atoms with E-state index in [2.05, 4.69) is 4.99 Å². The van der Waals surface area contributed by atoms with Gasteiger partial charge < -0.3 is 10.5 Å². The lowest BCUT2D eigenvalue weighted by Gasteiger charge is -2.40. The number of hydrogen-bond donors (Lipinski definition) is 1. The number of aliphatic imine (C=N–C) groups is 1. The van der Waals surface area contributed by atoms with Gasteiger partial charge in [-0.15, -0.1) is 0 Å². The summed E-state index contributed by atoms with van der Waals surface area (Å²) in [6.45, 7) is 3.59. The summed E-state index contributed by atoms with van der Waals surface area (Å²) in [6, 6.07) is 9.85. The number of amidine groups is 1. The Balaban J connectivity index is 1.76. The third-order valence-electron chi connectivity index (χ3n) is 6.03. The number of halogens is 2. The van der Waals surface area contributed by atoms with Gasteiger partial charge in [-0.25, -0.2) is 17.2 Å². The molecule has 8 heteroatoms. The van der Waals surface area contributed by atoms with Gasteiger partial charge in [0.15, 0.2) is 14.6 Å². The predicted octanol–water partition coefficient (Wildman–Crippen LogP) is 3.67. The van der Waals surface area contributed by atoms with Gasteiger partial charge in [-0.1, -0.05) is 18.2 Å². The average Bonchev–Trinajstić information content (AvgIpc) is 3.48. The number of nitrogens with two attached hydrogens (primary N) is 1. The predicted molar refractivity (Wildman–Crippen MR) is 111 cm³/mol. The first-order chi connectivity index (χ1) is 14.0. The number of benzene rings is 2. The van der Waals surface area contributed by atoms with E-state index < -0.39 is 37.5 Å². The maximum atomic E-state index is 14.4. The highest BCUT2D eigenvalue weighted by atomic mass is 32.2. The molecule has 5 nitrogen and oxygen atoms in total. The highest BCUT2D eigenvalue weighted by Gasteiger charge is 2.53. The Morgan fingerprint density at radius 2 is 1.90 bits per heavy atom. The lowest BCUT2D eigenvalue weighted by Crippen LogP contribution is -2.54. The van der Waals surface area contributed by atoms with Crippen LogP contribution in [0, 0.1) is 17.6 Å². The summed E-state index contributed by atoms with van der Waals surface area (Å²) in [5.74, 6) is -1.08. The first-order valence-corrected chi connectivity index (χ1v) is 11.5. The zero-order chi connectivity index (χ0) is 21.7. The van der Waals surface area contributed by atoms with E-state index in [9.17, 15) is 17.2 Å². The Hall–Kier alpha value is -2.48. The number of sulfone groups is 1. The second kappa shape index (κ2) is 7.04. The molecule has 0 bridgehead atoms. The zero-order valence-corrected chi connectivity index (χ0v) is 17.7. The van der Waals surface area contributed by atoms with Crippen LogP contribution in [0.15, 0.2) is 47.5 Å². The van der Waals surface area contributed by atoms with Gasteiger partial charge in [0.25, 0.3) is 0 Å². The molecule has 1 fully saturated rings. The molecule has 2 aliphatic rings. The van der Waals surface area contributed by atoms with Crippen LogP contribution < -0.4 is 10.5 Å². The van der Waals surface area contributed by atoms with Gasteiger partial charge in [0.2, 0.25) is 0 Å². The van der Waals surface area contributed by atoms with Crippen molar-refractivity contribution in [1.29, 1.82) is 0 Å². The molecule has 2 N–H and O–H groups in total. The largest absolute Gasteiger partial charge is 0.493 e. The maximum Gasteiger partial charge on any atom is 0.169 e. The highest BCUT2D eigenvalue weighted by Crippen LogP contribution is 2.43. The smallest absolute Gasteiger partial charge is 0.169 e. The van der Waals surface area contributed by atoms with Crippen LogP contribution in [-0.4, -0.2) is 26.6 Å². The van der Waals surface area contributed by atoms with Crippen molar-refractivity contribution in [1.82, 2.24) is 0 Å². The van der Waals surface area contributed by atoms with E-state index >= 15 is 0 Å². The highest BCUT2D eigenvalue weighted by molar-refractivity contribution is 7.93. The molecule has 2 aromatic carbocycles. The molecule has 2 aromatic rings. The minimum atomic E-state index is -3.92. The van der Waals surface area contributed by atoms with Crippen LogP contribution >= 0.6 is 0 Å². The van der Waals surface area contributed by atoms with E-state index in [0.29, 0.717) is 29.9 Å². The molecule has 1 aliphatic heterocycles. The van der Waals surface area contributed by atoms with Gasteiger partial charge >= 0.3 is 0 Å². The van der Waals surface area contributed by atoms with Crippen molar-refractivity contribution in [3.63, 3.8) is 0 Å². The van der Waals surface area contributed by atoms with Crippen LogP contribution in [0.1, 0.15) is 37.8 Å². The Morgan fingerprint density at radius 3 is 2.53 bits per heavy atom. The van der Waals surface area contributed by atoms with E-state index in [0.717, 1.165) is 18.9 Å². The van der Waals surface area contributed by atoms with Crippen LogP contribution in [-0.2, 0) is 20.1 Å². The van der Waals surface area contributed by atoms with E-state index in [1.165, 1.54) is 19.9 Å². The van der Waals surface area contributed by atoms with Crippen molar-refractivity contribution in [2.45, 2.75) is 37.0 Å². The van der Waals surface area contributed by atoms with Crippen molar-refractivity contribution in [2.75, 3.05) is 12.4 Å². The number of hydrogen-bond acceptors (Lipinski definition) is 5. The van der Waals surface area contributed by atoms with Crippen molar-refractivity contribution < 1.29 is 21.9 Å². The molecule has 0 saturated heterocycles. The normalized spacial score (nSPS) is 28.1. The molecule has 4 rings (SSSR count). The van der Waals surface area contributed by atoms with Crippen molar-refractivity contribution in [2.24, 2.45) is 16.6 Å². The number of nitrogens with zero attached hydrogens (tertiary/aromatic N) is 1. The molecule has 0 radical (unpaired) electrons. The molecule has 160 valence electrons. The summed E-state index contributed by atoms with van der Waals surface area (Å²) in [5, 5.41) is 0. The Morgan fingerprint density at radius 1 is 1.17 bits per heavy atom. The van der Waals surface area contributed by atoms with Gasteiger partial charge in [0.1, 0.15) is 28.8 Å². The fourth-order valence-corrected chi connectivity index (χ4v) is 5.95. The summed E-state index contributed by atoms with van der Waals surface area (Å²) >= 11 is 0. The summed E-state index contributed by atoms with van der Waals surface area (Å²) in [6.07, 6.45) is 2.29. The van der Waals surface area contributed by atoms with Gasteiger partial charge in [-0.2, -0.15) is 0 Å². The third-order valence-corrected chi connectivity index (χ3v) is 8.66. The molecule has 30 heavy (non-hydrogen) atoms. The zero-order valence-electron chi connectivity index (χ0n) is 16.9. The molecule has 0 aromatic heterocycles. The second-order valence-electron chi connectivity index (χ2n) is 8.47. The monoisotopic (exact) mass is 434 g/mol. The fourth-order valence-electron chi connectivity index (χ4n) is 3.85. The summed E-state index contributed by atoms with van der Waals surface area (Å²) in [7, 11) is -3.92. The van der Waals surface area contributed by atoms with Crippen molar-refractivity contribution >= 4 is 15.7 Å². The van der Waals surface area contributed by atoms with E-state index in [-0.39, 0.29) is 11.4 Å². The first-order valence-electron chi connectivity index (χ1n) is 9.82. The third kappa shape index (κ3) is 3.47. The SMILES string of the molecule is CC1(c2ccc(F)cc2F)CS(=O)(=O)C(C)(c2cccc(OCC3CC3)c2)C(N)=N1.